The highest BCUT2D eigenvalue weighted by atomic mass is 32.1. The Morgan fingerprint density at radius 3 is 2.90 bits per heavy atom. The van der Waals surface area contributed by atoms with E-state index in [-0.39, 0.29) is 5.92 Å². The van der Waals surface area contributed by atoms with Crippen LogP contribution in [0.15, 0.2) is 41.1 Å². The maximum Gasteiger partial charge on any atom is 0.106 e. The van der Waals surface area contributed by atoms with Crippen LogP contribution in [-0.4, -0.2) is 15.0 Å². The second kappa shape index (κ2) is 5.80. The highest BCUT2D eigenvalue weighted by Crippen LogP contribution is 2.37. The lowest BCUT2D eigenvalue weighted by Crippen LogP contribution is -2.20. The minimum Gasteiger partial charge on any atom is -0.264 e. The van der Waals surface area contributed by atoms with Gasteiger partial charge in [0.05, 0.1) is 28.0 Å². The largest absolute Gasteiger partial charge is 0.264 e. The summed E-state index contributed by atoms with van der Waals surface area (Å²) < 4.78 is 0. The molecule has 2 aromatic heterocycles. The molecule has 0 aliphatic carbocycles. The average molecular weight is 312 g/mol. The zero-order valence-corrected chi connectivity index (χ0v) is 13.0. The van der Waals surface area contributed by atoms with E-state index in [9.17, 15) is 5.26 Å². The molecule has 0 spiro atoms. The fourth-order valence-corrected chi connectivity index (χ4v) is 3.30. The Bertz CT molecular complexity index is 755. The summed E-state index contributed by atoms with van der Waals surface area (Å²) >= 11 is 5.99. The molecule has 3 rings (SSSR count). The summed E-state index contributed by atoms with van der Waals surface area (Å²) in [5.41, 5.74) is 4.44. The number of thiazole rings is 1. The summed E-state index contributed by atoms with van der Waals surface area (Å²) in [4.78, 5) is 14.1. The van der Waals surface area contributed by atoms with Gasteiger partial charge in [0.1, 0.15) is 5.92 Å². The van der Waals surface area contributed by atoms with Gasteiger partial charge in [0.15, 0.2) is 0 Å². The van der Waals surface area contributed by atoms with Crippen LogP contribution >= 0.6 is 24.0 Å². The predicted molar refractivity (Wildman–Crippen MR) is 87.3 cm³/mol. The van der Waals surface area contributed by atoms with Crippen LogP contribution in [0.3, 0.4) is 0 Å². The van der Waals surface area contributed by atoms with E-state index in [4.69, 9.17) is 0 Å². The molecule has 0 amide bonds. The molecule has 21 heavy (non-hydrogen) atoms. The van der Waals surface area contributed by atoms with Crippen LogP contribution in [-0.2, 0) is 0 Å². The van der Waals surface area contributed by atoms with E-state index >= 15 is 0 Å². The fraction of sp³-hybridized carbons (Fsp3) is 0.200. The molecule has 2 atom stereocenters. The van der Waals surface area contributed by atoms with Gasteiger partial charge < -0.3 is 0 Å². The summed E-state index contributed by atoms with van der Waals surface area (Å²) in [5.74, 6) is -0.518. The van der Waals surface area contributed by atoms with Gasteiger partial charge in [-0.15, -0.1) is 24.0 Å². The molecular weight excluding hydrogens is 300 g/mol. The van der Waals surface area contributed by atoms with Gasteiger partial charge in [0.2, 0.25) is 0 Å². The minimum atomic E-state index is -0.394. The Hall–Kier alpha value is -1.97. The van der Waals surface area contributed by atoms with Crippen LogP contribution in [0.4, 0.5) is 0 Å². The van der Waals surface area contributed by atoms with E-state index in [1.54, 1.807) is 29.2 Å². The van der Waals surface area contributed by atoms with E-state index in [1.165, 1.54) is 0 Å². The van der Waals surface area contributed by atoms with Gasteiger partial charge in [0.25, 0.3) is 0 Å². The fourth-order valence-electron chi connectivity index (χ4n) is 2.34. The number of nitrogens with zero attached hydrogens (tertiary/aromatic N) is 4. The Morgan fingerprint density at radius 2 is 2.29 bits per heavy atom. The maximum absolute atomic E-state index is 9.43. The number of aliphatic imine (C=N–C) groups is 1. The molecular formula is C15H12N4S2. The predicted octanol–water partition coefficient (Wildman–Crippen LogP) is 3.45. The number of rotatable bonds is 2. The third-order valence-electron chi connectivity index (χ3n) is 3.40. The molecule has 2 aromatic rings. The molecule has 0 bridgehead atoms. The van der Waals surface area contributed by atoms with Crippen molar-refractivity contribution in [3.8, 4) is 6.07 Å². The van der Waals surface area contributed by atoms with Gasteiger partial charge in [-0.25, -0.2) is 9.98 Å². The summed E-state index contributed by atoms with van der Waals surface area (Å²) in [6, 6.07) is 6.10. The first-order valence-electron chi connectivity index (χ1n) is 6.40. The van der Waals surface area contributed by atoms with E-state index in [0.717, 1.165) is 21.8 Å². The topological polar surface area (TPSA) is 61.9 Å². The van der Waals surface area contributed by atoms with Gasteiger partial charge in [-0.3, -0.25) is 4.98 Å². The first kappa shape index (κ1) is 14.0. The molecule has 0 radical (unpaired) electrons. The average Bonchev–Trinajstić information content (AvgIpc) is 2.93. The highest BCUT2D eigenvalue weighted by molar-refractivity contribution is 7.97. The molecule has 1 aliphatic heterocycles. The zero-order chi connectivity index (χ0) is 14.8. The molecule has 0 N–H and O–H groups in total. The minimum absolute atomic E-state index is 0.124. The monoisotopic (exact) mass is 312 g/mol. The second-order valence-electron chi connectivity index (χ2n) is 4.69. The van der Waals surface area contributed by atoms with Crippen molar-refractivity contribution in [2.45, 2.75) is 12.8 Å². The lowest BCUT2D eigenvalue weighted by molar-refractivity contribution is 0.731. The number of aromatic nitrogens is 2. The van der Waals surface area contributed by atoms with Crippen molar-refractivity contribution < 1.29 is 0 Å². The van der Waals surface area contributed by atoms with Gasteiger partial charge in [0, 0.05) is 28.8 Å². The van der Waals surface area contributed by atoms with Crippen molar-refractivity contribution in [3.63, 3.8) is 0 Å². The van der Waals surface area contributed by atoms with Crippen molar-refractivity contribution in [3.05, 3.63) is 52.2 Å². The first-order chi connectivity index (χ1) is 10.2. The smallest absolute Gasteiger partial charge is 0.106 e. The Morgan fingerprint density at radius 1 is 1.43 bits per heavy atom. The molecule has 0 aromatic carbocycles. The van der Waals surface area contributed by atoms with Crippen molar-refractivity contribution in [2.24, 2.45) is 10.9 Å². The van der Waals surface area contributed by atoms with Crippen molar-refractivity contribution in [2.75, 3.05) is 0 Å². The lowest BCUT2D eigenvalue weighted by Gasteiger charge is -2.23. The van der Waals surface area contributed by atoms with Crippen molar-refractivity contribution in [1.82, 2.24) is 9.97 Å². The van der Waals surface area contributed by atoms with Crippen molar-refractivity contribution >= 4 is 34.7 Å². The number of hydrogen-bond acceptors (Lipinski definition) is 5. The molecule has 1 aliphatic rings. The van der Waals surface area contributed by atoms with Crippen molar-refractivity contribution in [1.29, 1.82) is 5.26 Å². The van der Waals surface area contributed by atoms with E-state index in [1.807, 2.05) is 25.1 Å². The van der Waals surface area contributed by atoms with Gasteiger partial charge in [-0.1, -0.05) is 0 Å². The summed E-state index contributed by atoms with van der Waals surface area (Å²) in [5, 5.41) is 9.96. The number of hydrogen-bond donors (Lipinski definition) is 1. The number of nitriles is 1. The van der Waals surface area contributed by atoms with Gasteiger partial charge in [-0.05, 0) is 25.1 Å². The van der Waals surface area contributed by atoms with Crippen LogP contribution in [0.25, 0.3) is 5.70 Å². The first-order valence-corrected chi connectivity index (χ1v) is 7.72. The molecule has 0 saturated heterocycles. The lowest BCUT2D eigenvalue weighted by atomic mass is 9.87. The second-order valence-corrected chi connectivity index (χ2v) is 6.21. The molecule has 0 saturated carbocycles. The summed E-state index contributed by atoms with van der Waals surface area (Å²) in [6.07, 6.45) is 5.47. The molecule has 2 unspecified atom stereocenters. The van der Waals surface area contributed by atoms with Crippen LogP contribution in [0.5, 0.6) is 0 Å². The summed E-state index contributed by atoms with van der Waals surface area (Å²) in [7, 11) is 0. The molecule has 3 heterocycles. The van der Waals surface area contributed by atoms with Crippen LogP contribution in [0, 0.1) is 24.2 Å². The highest BCUT2D eigenvalue weighted by Gasteiger charge is 2.31. The van der Waals surface area contributed by atoms with Crippen LogP contribution < -0.4 is 0 Å². The Labute approximate surface area is 132 Å². The van der Waals surface area contributed by atoms with Crippen LogP contribution in [0.1, 0.15) is 22.1 Å². The number of thiol groups is 1. The quantitative estimate of drug-likeness (QED) is 0.864. The van der Waals surface area contributed by atoms with Crippen LogP contribution in [0.2, 0.25) is 0 Å². The normalized spacial score (nSPS) is 21.4. The van der Waals surface area contributed by atoms with E-state index < -0.39 is 5.92 Å². The number of aryl methyl sites for hydroxylation is 1. The number of pyridine rings is 1. The SMILES string of the molecule is Cc1scnc1C1C=C(c2cccnc2)N=C(S)C1C#N. The Kier molecular flexibility index (Phi) is 3.86. The van der Waals surface area contributed by atoms with Gasteiger partial charge >= 0.3 is 0 Å². The van der Waals surface area contributed by atoms with E-state index in [2.05, 4.69) is 33.7 Å². The zero-order valence-electron chi connectivity index (χ0n) is 11.3. The third kappa shape index (κ3) is 2.62. The Balaban J connectivity index is 2.09. The molecule has 104 valence electrons. The summed E-state index contributed by atoms with van der Waals surface area (Å²) in [6.45, 7) is 2.02. The third-order valence-corrected chi connectivity index (χ3v) is 4.56. The molecule has 6 heteroatoms. The van der Waals surface area contributed by atoms with Gasteiger partial charge in [-0.2, -0.15) is 5.26 Å². The maximum atomic E-state index is 9.43. The molecule has 0 fully saturated rings. The number of allylic oxidation sites excluding steroid dienone is 1. The standard InChI is InChI=1S/C15H12N4S2/c1-9-14(18-8-21-9)11-5-13(10-3-2-4-17-7-10)19-15(20)12(11)6-16/h2-5,7-8,11-12H,1H3,(H,19,20). The van der Waals surface area contributed by atoms with E-state index in [0.29, 0.717) is 5.04 Å². The molecule has 4 nitrogen and oxygen atoms in total.